The molecule has 1 aliphatic heterocycles. The van der Waals surface area contributed by atoms with Crippen molar-refractivity contribution in [1.82, 2.24) is 14.9 Å². The molecule has 0 saturated carbocycles. The van der Waals surface area contributed by atoms with Crippen LogP contribution in [0.15, 0.2) is 24.3 Å². The van der Waals surface area contributed by atoms with Crippen LogP contribution in [0.25, 0.3) is 11.0 Å². The van der Waals surface area contributed by atoms with Crippen molar-refractivity contribution in [1.29, 1.82) is 0 Å². The van der Waals surface area contributed by atoms with Crippen LogP contribution >= 0.6 is 0 Å². The van der Waals surface area contributed by atoms with E-state index in [-0.39, 0.29) is 0 Å². The number of nitrogens with zero attached hydrogens (tertiary/aromatic N) is 2. The Kier molecular flexibility index (Phi) is 3.69. The average molecular weight is 258 g/mol. The monoisotopic (exact) mass is 258 g/mol. The molecule has 1 fully saturated rings. The van der Waals surface area contributed by atoms with E-state index in [0.29, 0.717) is 6.04 Å². The minimum Gasteiger partial charge on any atom is -0.354 e. The Bertz CT molecular complexity index is 495. The molecule has 2 heterocycles. The van der Waals surface area contributed by atoms with E-state index in [1.54, 1.807) is 0 Å². The van der Waals surface area contributed by atoms with Crippen molar-refractivity contribution in [3.05, 3.63) is 24.3 Å². The van der Waals surface area contributed by atoms with Crippen LogP contribution in [-0.4, -0.2) is 40.5 Å². The van der Waals surface area contributed by atoms with Gasteiger partial charge in [0.25, 0.3) is 0 Å². The molecule has 0 bridgehead atoms. The highest BCUT2D eigenvalue weighted by atomic mass is 15.2. The molecule has 0 aliphatic carbocycles. The lowest BCUT2D eigenvalue weighted by molar-refractivity contribution is 0.180. The number of nitrogens with one attached hydrogen (secondary N) is 2. The fraction of sp³-hybridized carbons (Fsp3) is 0.533. The van der Waals surface area contributed by atoms with Crippen LogP contribution < -0.4 is 5.32 Å². The highest BCUT2D eigenvalue weighted by Crippen LogP contribution is 2.15. The van der Waals surface area contributed by atoms with Gasteiger partial charge in [0.15, 0.2) is 0 Å². The number of benzene rings is 1. The third-order valence-electron chi connectivity index (χ3n) is 3.97. The molecular formula is C15H22N4. The maximum atomic E-state index is 4.54. The number of H-pyrrole nitrogens is 1. The van der Waals surface area contributed by atoms with Crippen molar-refractivity contribution in [2.75, 3.05) is 25.0 Å². The molecule has 19 heavy (non-hydrogen) atoms. The number of hydrogen-bond acceptors (Lipinski definition) is 3. The lowest BCUT2D eigenvalue weighted by Gasteiger charge is -2.32. The Morgan fingerprint density at radius 2 is 2.05 bits per heavy atom. The number of piperidine rings is 1. The Balaban J connectivity index is 1.58. The summed E-state index contributed by atoms with van der Waals surface area (Å²) in [5.74, 6) is 0.880. The first-order chi connectivity index (χ1) is 9.33. The molecule has 1 aliphatic rings. The molecular weight excluding hydrogens is 236 g/mol. The summed E-state index contributed by atoms with van der Waals surface area (Å²) >= 11 is 0. The molecule has 102 valence electrons. The van der Waals surface area contributed by atoms with Gasteiger partial charge in [0.2, 0.25) is 5.95 Å². The summed E-state index contributed by atoms with van der Waals surface area (Å²) in [4.78, 5) is 10.4. The average Bonchev–Trinajstić information content (AvgIpc) is 2.88. The van der Waals surface area contributed by atoms with Crippen LogP contribution in [0, 0.1) is 0 Å². The number of rotatable bonds is 4. The summed E-state index contributed by atoms with van der Waals surface area (Å²) in [6, 6.07) is 8.70. The first kappa shape index (κ1) is 12.5. The van der Waals surface area contributed by atoms with E-state index in [1.807, 2.05) is 18.2 Å². The number of anilines is 1. The van der Waals surface area contributed by atoms with Gasteiger partial charge >= 0.3 is 0 Å². The van der Waals surface area contributed by atoms with Gasteiger partial charge in [0.1, 0.15) is 0 Å². The van der Waals surface area contributed by atoms with E-state index in [9.17, 15) is 0 Å². The summed E-state index contributed by atoms with van der Waals surface area (Å²) in [5, 5.41) is 3.42. The van der Waals surface area contributed by atoms with Gasteiger partial charge in [-0.3, -0.25) is 4.90 Å². The normalized spacial score (nSPS) is 18.6. The number of aromatic amines is 1. The Morgan fingerprint density at radius 1 is 1.26 bits per heavy atom. The first-order valence-corrected chi connectivity index (χ1v) is 7.25. The van der Waals surface area contributed by atoms with Gasteiger partial charge in [-0.1, -0.05) is 18.6 Å². The molecule has 2 N–H and O–H groups in total. The fourth-order valence-corrected chi connectivity index (χ4v) is 2.77. The summed E-state index contributed by atoms with van der Waals surface area (Å²) in [7, 11) is 0. The standard InChI is InChI=1S/C15H22N4/c1-12(19-9-5-2-6-10-19)11-16-15-17-13-7-3-4-8-14(13)18-15/h3-4,7-8,12H,2,5-6,9-11H2,1H3,(H2,16,17,18). The van der Waals surface area contributed by atoms with Gasteiger partial charge in [-0.05, 0) is 45.0 Å². The van der Waals surface area contributed by atoms with Crippen LogP contribution in [0.1, 0.15) is 26.2 Å². The number of imidazole rings is 1. The van der Waals surface area contributed by atoms with Gasteiger partial charge in [-0.15, -0.1) is 0 Å². The van der Waals surface area contributed by atoms with E-state index in [0.717, 1.165) is 23.5 Å². The predicted molar refractivity (Wildman–Crippen MR) is 79.5 cm³/mol. The predicted octanol–water partition coefficient (Wildman–Crippen LogP) is 2.85. The van der Waals surface area contributed by atoms with Crippen molar-refractivity contribution in [2.24, 2.45) is 0 Å². The Hall–Kier alpha value is -1.55. The molecule has 4 heteroatoms. The third-order valence-corrected chi connectivity index (χ3v) is 3.97. The van der Waals surface area contributed by atoms with Crippen LogP contribution in [0.5, 0.6) is 0 Å². The fourth-order valence-electron chi connectivity index (χ4n) is 2.77. The zero-order valence-corrected chi connectivity index (χ0v) is 11.5. The molecule has 4 nitrogen and oxygen atoms in total. The first-order valence-electron chi connectivity index (χ1n) is 7.25. The smallest absolute Gasteiger partial charge is 0.201 e. The van der Waals surface area contributed by atoms with Crippen molar-refractivity contribution < 1.29 is 0 Å². The highest BCUT2D eigenvalue weighted by Gasteiger charge is 2.16. The van der Waals surface area contributed by atoms with E-state index in [2.05, 4.69) is 33.2 Å². The Morgan fingerprint density at radius 3 is 2.84 bits per heavy atom. The van der Waals surface area contributed by atoms with Crippen molar-refractivity contribution in [3.63, 3.8) is 0 Å². The number of likely N-dealkylation sites (tertiary alicyclic amines) is 1. The quantitative estimate of drug-likeness (QED) is 0.886. The molecule has 1 aromatic carbocycles. The van der Waals surface area contributed by atoms with Gasteiger partial charge in [0.05, 0.1) is 11.0 Å². The highest BCUT2D eigenvalue weighted by molar-refractivity contribution is 5.77. The maximum absolute atomic E-state index is 4.54. The lowest BCUT2D eigenvalue weighted by atomic mass is 10.1. The lowest BCUT2D eigenvalue weighted by Crippen LogP contribution is -2.41. The van der Waals surface area contributed by atoms with Gasteiger partial charge in [0, 0.05) is 12.6 Å². The number of aromatic nitrogens is 2. The molecule has 0 amide bonds. The van der Waals surface area contributed by atoms with E-state index in [4.69, 9.17) is 0 Å². The van der Waals surface area contributed by atoms with E-state index >= 15 is 0 Å². The van der Waals surface area contributed by atoms with E-state index in [1.165, 1.54) is 32.4 Å². The van der Waals surface area contributed by atoms with Gasteiger partial charge in [-0.25, -0.2) is 4.98 Å². The van der Waals surface area contributed by atoms with Crippen LogP contribution in [0.2, 0.25) is 0 Å². The molecule has 0 radical (unpaired) electrons. The number of para-hydroxylation sites is 2. The zero-order chi connectivity index (χ0) is 13.1. The van der Waals surface area contributed by atoms with Crippen LogP contribution in [-0.2, 0) is 0 Å². The van der Waals surface area contributed by atoms with Gasteiger partial charge in [-0.2, -0.15) is 0 Å². The second kappa shape index (κ2) is 5.61. The number of fused-ring (bicyclic) bond motifs is 1. The maximum Gasteiger partial charge on any atom is 0.201 e. The van der Waals surface area contributed by atoms with Crippen molar-refractivity contribution >= 4 is 17.0 Å². The molecule has 1 saturated heterocycles. The van der Waals surface area contributed by atoms with Crippen molar-refractivity contribution in [2.45, 2.75) is 32.2 Å². The number of hydrogen-bond donors (Lipinski definition) is 2. The van der Waals surface area contributed by atoms with Gasteiger partial charge < -0.3 is 10.3 Å². The van der Waals surface area contributed by atoms with Crippen LogP contribution in [0.4, 0.5) is 5.95 Å². The summed E-state index contributed by atoms with van der Waals surface area (Å²) in [5.41, 5.74) is 2.12. The zero-order valence-electron chi connectivity index (χ0n) is 11.5. The SMILES string of the molecule is CC(CNc1nc2ccccc2[nH]1)N1CCCCC1. The van der Waals surface area contributed by atoms with E-state index < -0.39 is 0 Å². The minimum absolute atomic E-state index is 0.563. The third kappa shape index (κ3) is 2.89. The molecule has 1 unspecified atom stereocenters. The molecule has 2 aromatic rings. The second-order valence-electron chi connectivity index (χ2n) is 5.43. The molecule has 0 spiro atoms. The summed E-state index contributed by atoms with van der Waals surface area (Å²) in [6.45, 7) is 5.72. The minimum atomic E-state index is 0.563. The topological polar surface area (TPSA) is 44.0 Å². The molecule has 3 rings (SSSR count). The second-order valence-corrected chi connectivity index (χ2v) is 5.43. The largest absolute Gasteiger partial charge is 0.354 e. The molecule has 1 aromatic heterocycles. The Labute approximate surface area is 114 Å². The van der Waals surface area contributed by atoms with Crippen LogP contribution in [0.3, 0.4) is 0 Å². The summed E-state index contributed by atoms with van der Waals surface area (Å²) < 4.78 is 0. The van der Waals surface area contributed by atoms with Crippen molar-refractivity contribution in [3.8, 4) is 0 Å². The summed E-state index contributed by atoms with van der Waals surface area (Å²) in [6.07, 6.45) is 4.07. The molecule has 1 atom stereocenters.